The smallest absolute Gasteiger partial charge is 0.304 e. The highest BCUT2D eigenvalue weighted by Gasteiger charge is 2.34. The van der Waals surface area contributed by atoms with Gasteiger partial charge in [-0.25, -0.2) is 9.11 Å². The number of ether oxygens (including phenoxy) is 1. The van der Waals surface area contributed by atoms with Crippen molar-refractivity contribution >= 4 is 16.1 Å². The molecular formula is C31H34FN3O4S. The van der Waals surface area contributed by atoms with Gasteiger partial charge in [-0.2, -0.15) is 12.7 Å². The summed E-state index contributed by atoms with van der Waals surface area (Å²) in [5.74, 6) is -1.11. The molecule has 3 aromatic carbocycles. The van der Waals surface area contributed by atoms with Crippen molar-refractivity contribution < 1.29 is 22.3 Å². The molecule has 6 rings (SSSR count). The van der Waals surface area contributed by atoms with Gasteiger partial charge in [-0.05, 0) is 67.3 Å². The van der Waals surface area contributed by atoms with Gasteiger partial charge >= 0.3 is 10.2 Å². The number of piperidine rings is 1. The molecule has 0 aromatic heterocycles. The number of carbonyl (C=O) groups is 1. The third-order valence-electron chi connectivity index (χ3n) is 8.04. The SMILES string of the molecule is O=C(NS(=O)(=O)N1CCC1)c1cc(C2CC2)c(OC2CCCN(C(c3ccccc3)c3ccccc3)C2)cc1F. The van der Waals surface area contributed by atoms with E-state index in [4.69, 9.17) is 4.74 Å². The molecule has 0 radical (unpaired) electrons. The molecule has 1 unspecified atom stereocenters. The summed E-state index contributed by atoms with van der Waals surface area (Å²) >= 11 is 0. The first-order valence-corrected chi connectivity index (χ1v) is 15.5. The topological polar surface area (TPSA) is 79.0 Å². The summed E-state index contributed by atoms with van der Waals surface area (Å²) in [6, 6.07) is 23.7. The van der Waals surface area contributed by atoms with Gasteiger partial charge in [-0.3, -0.25) is 9.69 Å². The van der Waals surface area contributed by atoms with Gasteiger partial charge in [0.1, 0.15) is 17.7 Å². The van der Waals surface area contributed by atoms with Gasteiger partial charge in [0.05, 0.1) is 11.6 Å². The van der Waals surface area contributed by atoms with Crippen molar-refractivity contribution in [2.75, 3.05) is 26.2 Å². The molecule has 40 heavy (non-hydrogen) atoms. The highest BCUT2D eigenvalue weighted by atomic mass is 32.2. The Labute approximate surface area is 235 Å². The van der Waals surface area contributed by atoms with Crippen LogP contribution in [0.15, 0.2) is 72.8 Å². The van der Waals surface area contributed by atoms with Gasteiger partial charge < -0.3 is 4.74 Å². The molecule has 1 saturated carbocycles. The fourth-order valence-corrected chi connectivity index (χ4v) is 6.90. The van der Waals surface area contributed by atoms with E-state index in [1.54, 1.807) is 0 Å². The molecule has 7 nitrogen and oxygen atoms in total. The van der Waals surface area contributed by atoms with Gasteiger partial charge in [-0.15, -0.1) is 0 Å². The minimum atomic E-state index is -3.97. The summed E-state index contributed by atoms with van der Waals surface area (Å²) in [6.45, 7) is 2.32. The predicted molar refractivity (Wildman–Crippen MR) is 151 cm³/mol. The Balaban J connectivity index is 1.22. The molecule has 2 heterocycles. The monoisotopic (exact) mass is 563 g/mol. The number of nitrogens with zero attached hydrogens (tertiary/aromatic N) is 2. The maximum atomic E-state index is 15.3. The molecule has 3 aromatic rings. The molecule has 3 aliphatic rings. The summed E-state index contributed by atoms with van der Waals surface area (Å²) in [4.78, 5) is 15.2. The Hall–Kier alpha value is -3.27. The molecule has 210 valence electrons. The first-order chi connectivity index (χ1) is 19.4. The molecule has 3 fully saturated rings. The van der Waals surface area contributed by atoms with E-state index in [0.29, 0.717) is 25.4 Å². The summed E-state index contributed by atoms with van der Waals surface area (Å²) < 4.78 is 49.8. The molecule has 9 heteroatoms. The van der Waals surface area contributed by atoms with Crippen molar-refractivity contribution in [2.24, 2.45) is 0 Å². The molecule has 1 atom stereocenters. The Bertz CT molecular complexity index is 1420. The Morgan fingerprint density at radius 1 is 0.900 bits per heavy atom. The fourth-order valence-electron chi connectivity index (χ4n) is 5.69. The maximum absolute atomic E-state index is 15.3. The summed E-state index contributed by atoms with van der Waals surface area (Å²) in [6.07, 6.45) is 4.24. The average molecular weight is 564 g/mol. The number of benzene rings is 3. The largest absolute Gasteiger partial charge is 0.489 e. The number of rotatable bonds is 9. The van der Waals surface area contributed by atoms with Crippen LogP contribution in [0.4, 0.5) is 4.39 Å². The zero-order valence-corrected chi connectivity index (χ0v) is 23.2. The van der Waals surface area contributed by atoms with Gasteiger partial charge in [-0.1, -0.05) is 60.7 Å². The fraction of sp³-hybridized carbons (Fsp3) is 0.387. The van der Waals surface area contributed by atoms with E-state index >= 15 is 4.39 Å². The van der Waals surface area contributed by atoms with Crippen molar-refractivity contribution in [3.05, 3.63) is 101 Å². The molecule has 1 N–H and O–H groups in total. The second kappa shape index (κ2) is 11.3. The lowest BCUT2D eigenvalue weighted by molar-refractivity contribution is 0.0703. The van der Waals surface area contributed by atoms with Crippen LogP contribution in [-0.4, -0.2) is 55.8 Å². The van der Waals surface area contributed by atoms with Crippen LogP contribution in [0.5, 0.6) is 5.75 Å². The van der Waals surface area contributed by atoms with E-state index in [1.807, 2.05) is 16.9 Å². The highest BCUT2D eigenvalue weighted by molar-refractivity contribution is 7.87. The Morgan fingerprint density at radius 2 is 1.55 bits per heavy atom. The van der Waals surface area contributed by atoms with E-state index in [1.165, 1.54) is 27.6 Å². The molecule has 2 saturated heterocycles. The second-order valence-corrected chi connectivity index (χ2v) is 12.6. The van der Waals surface area contributed by atoms with Crippen LogP contribution >= 0.6 is 0 Å². The maximum Gasteiger partial charge on any atom is 0.304 e. The third-order valence-corrected chi connectivity index (χ3v) is 9.53. The first kappa shape index (κ1) is 26.9. The standard InChI is InChI=1S/C31H34FN3O4S/c32-28-20-29(26(22-14-15-22)19-27(28)31(36)33-40(37,38)35-17-8-18-35)39-25-13-7-16-34(21-25)30(23-9-3-1-4-10-23)24-11-5-2-6-12-24/h1-6,9-12,19-20,22,25,30H,7-8,13-18,21H2,(H,33,36). The Morgan fingerprint density at radius 3 is 2.12 bits per heavy atom. The number of likely N-dealkylation sites (tertiary alicyclic amines) is 1. The average Bonchev–Trinajstić information content (AvgIpc) is 3.74. The van der Waals surface area contributed by atoms with Crippen molar-refractivity contribution in [1.29, 1.82) is 0 Å². The summed E-state index contributed by atoms with van der Waals surface area (Å²) in [5, 5.41) is 0. The second-order valence-electron chi connectivity index (χ2n) is 10.9. The van der Waals surface area contributed by atoms with Gasteiger partial charge in [0.2, 0.25) is 0 Å². The lowest BCUT2D eigenvalue weighted by Gasteiger charge is -2.39. The van der Waals surface area contributed by atoms with Crippen LogP contribution < -0.4 is 9.46 Å². The van der Waals surface area contributed by atoms with Crippen molar-refractivity contribution in [3.8, 4) is 5.75 Å². The summed E-state index contributed by atoms with van der Waals surface area (Å²) in [7, 11) is -3.97. The van der Waals surface area contributed by atoms with Gasteiger partial charge in [0.15, 0.2) is 0 Å². The van der Waals surface area contributed by atoms with Crippen LogP contribution in [0.2, 0.25) is 0 Å². The van der Waals surface area contributed by atoms with Crippen LogP contribution in [0.25, 0.3) is 0 Å². The van der Waals surface area contributed by atoms with E-state index < -0.39 is 21.9 Å². The van der Waals surface area contributed by atoms with Crippen LogP contribution in [0.1, 0.15) is 71.1 Å². The lowest BCUT2D eigenvalue weighted by atomic mass is 9.94. The molecule has 2 aliphatic heterocycles. The van der Waals surface area contributed by atoms with E-state index in [9.17, 15) is 13.2 Å². The molecule has 0 bridgehead atoms. The summed E-state index contributed by atoms with van der Waals surface area (Å²) in [5.41, 5.74) is 2.93. The minimum Gasteiger partial charge on any atom is -0.489 e. The highest BCUT2D eigenvalue weighted by Crippen LogP contribution is 2.46. The normalized spacial score (nSPS) is 20.2. The predicted octanol–water partition coefficient (Wildman–Crippen LogP) is 5.02. The van der Waals surface area contributed by atoms with Crippen molar-refractivity contribution in [1.82, 2.24) is 13.9 Å². The van der Waals surface area contributed by atoms with Crippen molar-refractivity contribution in [2.45, 2.75) is 50.2 Å². The number of amides is 1. The van der Waals surface area contributed by atoms with Gasteiger partial charge in [0.25, 0.3) is 5.91 Å². The lowest BCUT2D eigenvalue weighted by Crippen LogP contribution is -2.49. The molecular weight excluding hydrogens is 529 g/mol. The zero-order chi connectivity index (χ0) is 27.7. The number of nitrogens with one attached hydrogen (secondary N) is 1. The molecule has 0 spiro atoms. The quantitative estimate of drug-likeness (QED) is 0.396. The third kappa shape index (κ3) is 5.77. The Kier molecular flexibility index (Phi) is 7.61. The minimum absolute atomic E-state index is 0.0767. The van der Waals surface area contributed by atoms with Crippen LogP contribution in [-0.2, 0) is 10.2 Å². The van der Waals surface area contributed by atoms with E-state index in [-0.39, 0.29) is 23.6 Å². The number of carbonyl (C=O) groups excluding carboxylic acids is 1. The number of halogens is 1. The number of hydrogen-bond acceptors (Lipinski definition) is 5. The molecule has 1 aliphatic carbocycles. The zero-order valence-electron chi connectivity index (χ0n) is 22.3. The van der Waals surface area contributed by atoms with Crippen LogP contribution in [0, 0.1) is 5.82 Å². The number of hydrogen-bond donors (Lipinski definition) is 1. The van der Waals surface area contributed by atoms with E-state index in [2.05, 4.69) is 53.4 Å². The first-order valence-electron chi connectivity index (χ1n) is 14.1. The van der Waals surface area contributed by atoms with Gasteiger partial charge in [0, 0.05) is 25.7 Å². The van der Waals surface area contributed by atoms with Crippen LogP contribution in [0.3, 0.4) is 0 Å². The molecule has 1 amide bonds. The van der Waals surface area contributed by atoms with Crippen molar-refractivity contribution in [3.63, 3.8) is 0 Å². The van der Waals surface area contributed by atoms with E-state index in [0.717, 1.165) is 44.2 Å².